The van der Waals surface area contributed by atoms with Crippen LogP contribution in [0.1, 0.15) is 24.9 Å². The lowest BCUT2D eigenvalue weighted by Crippen LogP contribution is -2.09. The van der Waals surface area contributed by atoms with Crippen LogP contribution in [-0.2, 0) is 0 Å². The highest BCUT2D eigenvalue weighted by molar-refractivity contribution is 6.42. The van der Waals surface area contributed by atoms with Crippen LogP contribution >= 0.6 is 23.2 Å². The van der Waals surface area contributed by atoms with Crippen molar-refractivity contribution in [2.24, 2.45) is 4.99 Å². The molecule has 0 aliphatic carbocycles. The largest absolute Gasteiger partial charge is 0.369 e. The fourth-order valence-corrected chi connectivity index (χ4v) is 1.67. The molecule has 1 aromatic rings. The molecule has 0 fully saturated rings. The normalized spacial score (nSPS) is 13.1. The predicted octanol–water partition coefficient (Wildman–Crippen LogP) is 4.03. The smallest absolute Gasteiger partial charge is 0.0852 e. The molecule has 0 amide bonds. The zero-order valence-corrected chi connectivity index (χ0v) is 11.3. The summed E-state index contributed by atoms with van der Waals surface area (Å²) in [7, 11) is 3.90. The van der Waals surface area contributed by atoms with Gasteiger partial charge in [-0.2, -0.15) is 0 Å². The van der Waals surface area contributed by atoms with E-state index >= 15 is 0 Å². The Hall–Kier alpha value is -0.730. The molecule has 0 heterocycles. The maximum atomic E-state index is 5.98. The van der Waals surface area contributed by atoms with E-state index in [0.717, 1.165) is 12.0 Å². The molecule has 0 aliphatic rings. The van der Waals surface area contributed by atoms with Gasteiger partial charge in [0.1, 0.15) is 0 Å². The van der Waals surface area contributed by atoms with Gasteiger partial charge in [-0.05, 0) is 24.1 Å². The maximum absolute atomic E-state index is 5.98. The first kappa shape index (κ1) is 13.3. The van der Waals surface area contributed by atoms with E-state index in [1.54, 1.807) is 0 Å². The number of halogens is 2. The van der Waals surface area contributed by atoms with Crippen molar-refractivity contribution in [2.75, 3.05) is 14.1 Å². The van der Waals surface area contributed by atoms with Crippen molar-refractivity contribution in [1.82, 2.24) is 4.90 Å². The second kappa shape index (κ2) is 6.12. The van der Waals surface area contributed by atoms with E-state index < -0.39 is 0 Å². The molecule has 88 valence electrons. The van der Waals surface area contributed by atoms with Crippen molar-refractivity contribution in [3.05, 3.63) is 33.8 Å². The van der Waals surface area contributed by atoms with Crippen LogP contribution in [0.25, 0.3) is 0 Å². The van der Waals surface area contributed by atoms with Crippen molar-refractivity contribution in [3.8, 4) is 0 Å². The van der Waals surface area contributed by atoms with Gasteiger partial charge in [0, 0.05) is 14.1 Å². The summed E-state index contributed by atoms with van der Waals surface area (Å²) in [5.74, 6) is 0. The molecule has 0 saturated heterocycles. The molecular weight excluding hydrogens is 243 g/mol. The van der Waals surface area contributed by atoms with Gasteiger partial charge in [0.05, 0.1) is 22.4 Å². The van der Waals surface area contributed by atoms with E-state index in [4.69, 9.17) is 23.2 Å². The lowest BCUT2D eigenvalue weighted by Gasteiger charge is -2.12. The molecule has 16 heavy (non-hydrogen) atoms. The van der Waals surface area contributed by atoms with Crippen LogP contribution in [0, 0.1) is 0 Å². The summed E-state index contributed by atoms with van der Waals surface area (Å²) in [5, 5.41) is 1.16. The first-order valence-electron chi connectivity index (χ1n) is 5.19. The number of rotatable bonds is 4. The Bertz CT molecular complexity index is 375. The van der Waals surface area contributed by atoms with E-state index in [2.05, 4.69) is 11.9 Å². The van der Waals surface area contributed by atoms with Gasteiger partial charge in [0.2, 0.25) is 0 Å². The second-order valence-corrected chi connectivity index (χ2v) is 4.64. The quantitative estimate of drug-likeness (QED) is 0.588. The lowest BCUT2D eigenvalue weighted by atomic mass is 10.1. The van der Waals surface area contributed by atoms with E-state index in [1.165, 1.54) is 0 Å². The van der Waals surface area contributed by atoms with E-state index in [0.29, 0.717) is 10.0 Å². The summed E-state index contributed by atoms with van der Waals surface area (Å²) in [6.45, 7) is 2.10. The molecule has 0 radical (unpaired) electrons. The average Bonchev–Trinajstić information content (AvgIpc) is 2.23. The highest BCUT2D eigenvalue weighted by Crippen LogP contribution is 2.28. The van der Waals surface area contributed by atoms with Gasteiger partial charge < -0.3 is 4.90 Å². The molecule has 0 aromatic heterocycles. The Labute approximate surface area is 107 Å². The van der Waals surface area contributed by atoms with Crippen molar-refractivity contribution < 1.29 is 0 Å². The Morgan fingerprint density at radius 1 is 1.31 bits per heavy atom. The highest BCUT2D eigenvalue weighted by atomic mass is 35.5. The fourth-order valence-electron chi connectivity index (χ4n) is 1.36. The molecule has 0 saturated carbocycles. The van der Waals surface area contributed by atoms with Gasteiger partial charge >= 0.3 is 0 Å². The van der Waals surface area contributed by atoms with Crippen LogP contribution in [0.15, 0.2) is 23.2 Å². The Kier molecular flexibility index (Phi) is 5.10. The van der Waals surface area contributed by atoms with Crippen molar-refractivity contribution >= 4 is 29.5 Å². The molecule has 1 rings (SSSR count). The summed E-state index contributed by atoms with van der Waals surface area (Å²) in [4.78, 5) is 6.40. The number of hydrogen-bond acceptors (Lipinski definition) is 1. The zero-order chi connectivity index (χ0) is 12.1. The molecule has 1 atom stereocenters. The Balaban J connectivity index is 2.91. The first-order chi connectivity index (χ1) is 7.54. The topological polar surface area (TPSA) is 15.6 Å². The SMILES string of the molecule is CCC(/N=C/N(C)C)c1ccc(Cl)c(Cl)c1. The van der Waals surface area contributed by atoms with Crippen molar-refractivity contribution in [3.63, 3.8) is 0 Å². The molecule has 4 heteroatoms. The highest BCUT2D eigenvalue weighted by Gasteiger charge is 2.08. The number of hydrogen-bond donors (Lipinski definition) is 0. The van der Waals surface area contributed by atoms with Gasteiger partial charge in [0.15, 0.2) is 0 Å². The van der Waals surface area contributed by atoms with Gasteiger partial charge in [-0.25, -0.2) is 0 Å². The molecule has 0 spiro atoms. The van der Waals surface area contributed by atoms with Gasteiger partial charge in [0.25, 0.3) is 0 Å². The Morgan fingerprint density at radius 2 is 2.00 bits per heavy atom. The number of benzene rings is 1. The zero-order valence-electron chi connectivity index (χ0n) is 9.74. The summed E-state index contributed by atoms with van der Waals surface area (Å²) in [6, 6.07) is 5.80. The summed E-state index contributed by atoms with van der Waals surface area (Å²) < 4.78 is 0. The molecule has 2 nitrogen and oxygen atoms in total. The van der Waals surface area contributed by atoms with E-state index in [9.17, 15) is 0 Å². The van der Waals surface area contributed by atoms with Gasteiger partial charge in [-0.1, -0.05) is 36.2 Å². The minimum absolute atomic E-state index is 0.136. The first-order valence-corrected chi connectivity index (χ1v) is 5.94. The van der Waals surface area contributed by atoms with Crippen molar-refractivity contribution in [1.29, 1.82) is 0 Å². The maximum Gasteiger partial charge on any atom is 0.0852 e. The van der Waals surface area contributed by atoms with E-state index in [1.807, 2.05) is 43.5 Å². The Morgan fingerprint density at radius 3 is 2.50 bits per heavy atom. The number of nitrogens with zero attached hydrogens (tertiary/aromatic N) is 2. The lowest BCUT2D eigenvalue weighted by molar-refractivity contribution is 0.618. The molecular formula is C12H16Cl2N2. The molecule has 1 unspecified atom stereocenters. The number of aliphatic imine (C=N–C) groups is 1. The van der Waals surface area contributed by atoms with E-state index in [-0.39, 0.29) is 6.04 Å². The molecule has 0 N–H and O–H groups in total. The van der Waals surface area contributed by atoms with Crippen LogP contribution in [0.5, 0.6) is 0 Å². The predicted molar refractivity (Wildman–Crippen MR) is 71.7 cm³/mol. The monoisotopic (exact) mass is 258 g/mol. The van der Waals surface area contributed by atoms with Crippen LogP contribution in [0.2, 0.25) is 10.0 Å². The van der Waals surface area contributed by atoms with Gasteiger partial charge in [-0.15, -0.1) is 0 Å². The third-order valence-electron chi connectivity index (χ3n) is 2.19. The molecule has 0 bridgehead atoms. The third-order valence-corrected chi connectivity index (χ3v) is 2.93. The molecule has 1 aromatic carbocycles. The van der Waals surface area contributed by atoms with Gasteiger partial charge in [-0.3, -0.25) is 4.99 Å². The van der Waals surface area contributed by atoms with Crippen LogP contribution < -0.4 is 0 Å². The van der Waals surface area contributed by atoms with Crippen molar-refractivity contribution in [2.45, 2.75) is 19.4 Å². The standard InChI is InChI=1S/C12H16Cl2N2/c1-4-12(15-8-16(2)3)9-5-6-10(13)11(14)7-9/h5-8,12H,4H2,1-3H3/b15-8+. The average molecular weight is 259 g/mol. The minimum atomic E-state index is 0.136. The summed E-state index contributed by atoms with van der Waals surface area (Å²) >= 11 is 11.9. The van der Waals surface area contributed by atoms with Crippen LogP contribution in [0.4, 0.5) is 0 Å². The summed E-state index contributed by atoms with van der Waals surface area (Å²) in [6.07, 6.45) is 2.75. The summed E-state index contributed by atoms with van der Waals surface area (Å²) in [5.41, 5.74) is 1.09. The molecule has 0 aliphatic heterocycles. The minimum Gasteiger partial charge on any atom is -0.369 e. The van der Waals surface area contributed by atoms with Crippen LogP contribution in [0.3, 0.4) is 0 Å². The van der Waals surface area contributed by atoms with Crippen LogP contribution in [-0.4, -0.2) is 25.3 Å². The fraction of sp³-hybridized carbons (Fsp3) is 0.417. The second-order valence-electron chi connectivity index (χ2n) is 3.83. The third kappa shape index (κ3) is 3.69.